The van der Waals surface area contributed by atoms with Gasteiger partial charge in [0.05, 0.1) is 5.69 Å². The molecule has 1 atom stereocenters. The van der Waals surface area contributed by atoms with Gasteiger partial charge >= 0.3 is 0 Å². The zero-order chi connectivity index (χ0) is 11.8. The van der Waals surface area contributed by atoms with Crippen LogP contribution in [0, 0.1) is 0 Å². The van der Waals surface area contributed by atoms with Crippen molar-refractivity contribution < 1.29 is 0 Å². The largest absolute Gasteiger partial charge is 0.375 e. The van der Waals surface area contributed by atoms with Crippen LogP contribution in [0.2, 0.25) is 0 Å². The number of hydrogen-bond acceptors (Lipinski definition) is 3. The van der Waals surface area contributed by atoms with Gasteiger partial charge in [-0.25, -0.2) is 4.98 Å². The molecule has 0 bridgehead atoms. The molecule has 0 spiro atoms. The summed E-state index contributed by atoms with van der Waals surface area (Å²) in [6.07, 6.45) is 3.49. The average molecular weight is 309 g/mol. The van der Waals surface area contributed by atoms with Crippen LogP contribution in [0.25, 0.3) is 0 Å². The normalized spacial score (nSPS) is 19.0. The van der Waals surface area contributed by atoms with Crippen LogP contribution in [0.5, 0.6) is 0 Å². The first kappa shape index (κ1) is 11.2. The zero-order valence-corrected chi connectivity index (χ0v) is 11.7. The highest BCUT2D eigenvalue weighted by atomic mass is 79.9. The Kier molecular flexibility index (Phi) is 2.92. The Morgan fingerprint density at radius 1 is 1.29 bits per heavy atom. The molecule has 0 radical (unpaired) electrons. The SMILES string of the molecule is Nc1nc2c(s1)C(c1ccc(Br)cc1)CCC2. The molecular weight excluding hydrogens is 296 g/mol. The molecular formula is C13H13BrN2S. The Morgan fingerprint density at radius 2 is 2.06 bits per heavy atom. The maximum atomic E-state index is 5.82. The second kappa shape index (κ2) is 4.42. The van der Waals surface area contributed by atoms with Crippen LogP contribution >= 0.6 is 27.3 Å². The van der Waals surface area contributed by atoms with Crippen molar-refractivity contribution in [3.63, 3.8) is 0 Å². The fourth-order valence-corrected chi connectivity index (χ4v) is 3.76. The third-order valence-corrected chi connectivity index (χ3v) is 4.81. The van der Waals surface area contributed by atoms with Crippen molar-refractivity contribution in [2.45, 2.75) is 25.2 Å². The van der Waals surface area contributed by atoms with Crippen molar-refractivity contribution >= 4 is 32.4 Å². The van der Waals surface area contributed by atoms with E-state index in [0.29, 0.717) is 11.0 Å². The van der Waals surface area contributed by atoms with Gasteiger partial charge in [0.25, 0.3) is 0 Å². The van der Waals surface area contributed by atoms with E-state index in [4.69, 9.17) is 5.73 Å². The molecule has 17 heavy (non-hydrogen) atoms. The molecule has 0 amide bonds. The molecule has 2 N–H and O–H groups in total. The molecule has 0 saturated carbocycles. The van der Waals surface area contributed by atoms with Crippen molar-refractivity contribution in [1.82, 2.24) is 4.98 Å². The molecule has 1 aromatic carbocycles. The number of fused-ring (bicyclic) bond motifs is 1. The molecule has 1 aliphatic rings. The average Bonchev–Trinajstić information content (AvgIpc) is 2.70. The molecule has 1 heterocycles. The van der Waals surface area contributed by atoms with E-state index in [1.54, 1.807) is 11.3 Å². The second-order valence-corrected chi connectivity index (χ2v) is 6.34. The number of rotatable bonds is 1. The van der Waals surface area contributed by atoms with Gasteiger partial charge in [-0.05, 0) is 37.0 Å². The maximum Gasteiger partial charge on any atom is 0.180 e. The third-order valence-electron chi connectivity index (χ3n) is 3.24. The third kappa shape index (κ3) is 2.11. The van der Waals surface area contributed by atoms with Crippen LogP contribution in [-0.4, -0.2) is 4.98 Å². The number of nitrogens with zero attached hydrogens (tertiary/aromatic N) is 1. The van der Waals surface area contributed by atoms with E-state index in [1.165, 1.54) is 29.0 Å². The molecule has 2 nitrogen and oxygen atoms in total. The summed E-state index contributed by atoms with van der Waals surface area (Å²) in [5, 5.41) is 0.707. The van der Waals surface area contributed by atoms with Gasteiger partial charge in [-0.15, -0.1) is 11.3 Å². The van der Waals surface area contributed by atoms with Gasteiger partial charge in [0.2, 0.25) is 0 Å². The lowest BCUT2D eigenvalue weighted by Crippen LogP contribution is -2.08. The van der Waals surface area contributed by atoms with E-state index in [-0.39, 0.29) is 0 Å². The minimum atomic E-state index is 0.488. The molecule has 0 saturated heterocycles. The molecule has 1 unspecified atom stereocenters. The quantitative estimate of drug-likeness (QED) is 0.866. The van der Waals surface area contributed by atoms with Crippen LogP contribution in [0.15, 0.2) is 28.7 Å². The van der Waals surface area contributed by atoms with Gasteiger partial charge in [0.1, 0.15) is 0 Å². The van der Waals surface area contributed by atoms with Gasteiger partial charge in [-0.2, -0.15) is 0 Å². The summed E-state index contributed by atoms with van der Waals surface area (Å²) in [7, 11) is 0. The van der Waals surface area contributed by atoms with Gasteiger partial charge in [0.15, 0.2) is 5.13 Å². The highest BCUT2D eigenvalue weighted by Crippen LogP contribution is 2.40. The predicted octanol–water partition coefficient (Wildman–Crippen LogP) is 3.96. The van der Waals surface area contributed by atoms with Crippen LogP contribution < -0.4 is 5.73 Å². The van der Waals surface area contributed by atoms with Gasteiger partial charge < -0.3 is 5.73 Å². The maximum absolute atomic E-state index is 5.82. The van der Waals surface area contributed by atoms with E-state index < -0.39 is 0 Å². The van der Waals surface area contributed by atoms with E-state index in [0.717, 1.165) is 10.9 Å². The molecule has 1 aromatic heterocycles. The molecule has 4 heteroatoms. The highest BCUT2D eigenvalue weighted by Gasteiger charge is 2.25. The number of aryl methyl sites for hydroxylation is 1. The number of thiazole rings is 1. The second-order valence-electron chi connectivity index (χ2n) is 4.36. The Balaban J connectivity index is 2.02. The summed E-state index contributed by atoms with van der Waals surface area (Å²) in [4.78, 5) is 5.80. The van der Waals surface area contributed by atoms with Crippen molar-refractivity contribution in [3.05, 3.63) is 44.9 Å². The van der Waals surface area contributed by atoms with E-state index in [1.807, 2.05) is 0 Å². The lowest BCUT2D eigenvalue weighted by atomic mass is 9.86. The van der Waals surface area contributed by atoms with E-state index in [2.05, 4.69) is 45.2 Å². The molecule has 88 valence electrons. The van der Waals surface area contributed by atoms with Crippen molar-refractivity contribution in [3.8, 4) is 0 Å². The minimum absolute atomic E-state index is 0.488. The van der Waals surface area contributed by atoms with Crippen molar-refractivity contribution in [2.75, 3.05) is 5.73 Å². The van der Waals surface area contributed by atoms with E-state index >= 15 is 0 Å². The fourth-order valence-electron chi connectivity index (χ4n) is 2.45. The van der Waals surface area contributed by atoms with Crippen LogP contribution in [0.1, 0.15) is 34.9 Å². The lowest BCUT2D eigenvalue weighted by Gasteiger charge is -2.21. The first-order valence-corrected chi connectivity index (χ1v) is 7.35. The monoisotopic (exact) mass is 308 g/mol. The summed E-state index contributed by atoms with van der Waals surface area (Å²) < 4.78 is 1.13. The number of benzene rings is 1. The number of halogens is 1. The summed E-state index contributed by atoms with van der Waals surface area (Å²) >= 11 is 5.13. The molecule has 0 aliphatic heterocycles. The Bertz CT molecular complexity index is 533. The van der Waals surface area contributed by atoms with Crippen LogP contribution in [0.3, 0.4) is 0 Å². The predicted molar refractivity (Wildman–Crippen MR) is 75.4 cm³/mol. The molecule has 0 fully saturated rings. The van der Waals surface area contributed by atoms with Crippen LogP contribution in [-0.2, 0) is 6.42 Å². The number of anilines is 1. The summed E-state index contributed by atoms with van der Waals surface area (Å²) in [6, 6.07) is 8.60. The standard InChI is InChI=1S/C13H13BrN2S/c14-9-6-4-8(5-7-9)10-2-1-3-11-12(10)17-13(15)16-11/h4-7,10H,1-3H2,(H2,15,16). The van der Waals surface area contributed by atoms with Crippen molar-refractivity contribution in [1.29, 1.82) is 0 Å². The number of aromatic nitrogens is 1. The topological polar surface area (TPSA) is 38.9 Å². The first-order valence-electron chi connectivity index (χ1n) is 5.74. The highest BCUT2D eigenvalue weighted by molar-refractivity contribution is 9.10. The Labute approximate surface area is 113 Å². The van der Waals surface area contributed by atoms with Gasteiger partial charge in [-0.3, -0.25) is 0 Å². The van der Waals surface area contributed by atoms with Gasteiger partial charge in [0, 0.05) is 15.3 Å². The summed E-state index contributed by atoms with van der Waals surface area (Å²) in [5.41, 5.74) is 8.41. The van der Waals surface area contributed by atoms with E-state index in [9.17, 15) is 0 Å². The molecule has 2 aromatic rings. The molecule has 1 aliphatic carbocycles. The zero-order valence-electron chi connectivity index (χ0n) is 9.32. The number of nitrogen functional groups attached to an aromatic ring is 1. The van der Waals surface area contributed by atoms with Crippen LogP contribution in [0.4, 0.5) is 5.13 Å². The smallest absolute Gasteiger partial charge is 0.180 e. The van der Waals surface area contributed by atoms with Crippen molar-refractivity contribution in [2.24, 2.45) is 0 Å². The Hall–Kier alpha value is -0.870. The Morgan fingerprint density at radius 3 is 2.82 bits per heavy atom. The number of nitrogens with two attached hydrogens (primary N) is 1. The first-order chi connectivity index (χ1) is 8.24. The summed E-state index contributed by atoms with van der Waals surface area (Å²) in [6.45, 7) is 0. The minimum Gasteiger partial charge on any atom is -0.375 e. The van der Waals surface area contributed by atoms with Gasteiger partial charge in [-0.1, -0.05) is 28.1 Å². The molecule has 3 rings (SSSR count). The lowest BCUT2D eigenvalue weighted by molar-refractivity contribution is 0.617. The summed E-state index contributed by atoms with van der Waals surface area (Å²) in [5.74, 6) is 0.488. The fraction of sp³-hybridized carbons (Fsp3) is 0.308. The number of hydrogen-bond donors (Lipinski definition) is 1.